The summed E-state index contributed by atoms with van der Waals surface area (Å²) in [6.45, 7) is 4.92. The molecule has 0 radical (unpaired) electrons. The number of aryl methyl sites for hydroxylation is 2. The largest absolute Gasteiger partial charge is 0.673 e. The highest BCUT2D eigenvalue weighted by Crippen LogP contribution is 2.40. The normalized spacial score (nSPS) is 11.1. The van der Waals surface area contributed by atoms with Crippen molar-refractivity contribution in [2.45, 2.75) is 20.4 Å². The van der Waals surface area contributed by atoms with Crippen LogP contribution in [0.5, 0.6) is 17.2 Å². The van der Waals surface area contributed by atoms with E-state index in [2.05, 4.69) is 12.0 Å². The monoisotopic (exact) mass is 408 g/mol. The molecule has 0 aliphatic rings. The van der Waals surface area contributed by atoms with Gasteiger partial charge in [0, 0.05) is 16.7 Å². The molecule has 0 spiro atoms. The van der Waals surface area contributed by atoms with Crippen molar-refractivity contribution in [2.75, 3.05) is 21.3 Å². The van der Waals surface area contributed by atoms with Gasteiger partial charge in [0.1, 0.15) is 0 Å². The van der Waals surface area contributed by atoms with E-state index in [1.54, 1.807) is 32.7 Å². The van der Waals surface area contributed by atoms with Crippen LogP contribution in [0.15, 0.2) is 12.1 Å². The molecule has 0 N–H and O–H groups in total. The van der Waals surface area contributed by atoms with E-state index in [9.17, 15) is 17.3 Å². The number of benzene rings is 1. The Morgan fingerprint density at radius 3 is 2.11 bits per heavy atom. The van der Waals surface area contributed by atoms with E-state index in [0.29, 0.717) is 17.2 Å². The Balaban J connectivity index is 0.000000646. The van der Waals surface area contributed by atoms with Gasteiger partial charge < -0.3 is 31.5 Å². The average Bonchev–Trinajstić information content (AvgIpc) is 2.97. The van der Waals surface area contributed by atoms with Crippen molar-refractivity contribution >= 4 is 30.7 Å². The number of hydrogen-bond acceptors (Lipinski definition) is 5. The van der Waals surface area contributed by atoms with Gasteiger partial charge in [-0.15, -0.1) is 0 Å². The highest BCUT2D eigenvalue weighted by atomic mass is 32.1. The molecule has 0 bridgehead atoms. The minimum Gasteiger partial charge on any atom is -0.493 e. The molecule has 1 aromatic heterocycles. The van der Waals surface area contributed by atoms with E-state index in [0.717, 1.165) is 22.1 Å². The van der Waals surface area contributed by atoms with Crippen LogP contribution in [0.3, 0.4) is 0 Å². The SMILES string of the molecule is CC[n+]1nc(C)sc1C=Cc1ccc(OC)c(OC)c1OC.F[B-](F)(F)F. The summed E-state index contributed by atoms with van der Waals surface area (Å²) < 4.78 is 57.2. The number of halogens is 4. The smallest absolute Gasteiger partial charge is 0.493 e. The summed E-state index contributed by atoms with van der Waals surface area (Å²) in [6, 6.07) is 3.81. The quantitative estimate of drug-likeness (QED) is 0.407. The summed E-state index contributed by atoms with van der Waals surface area (Å²) in [4.78, 5) is 0. The molecule has 0 aliphatic heterocycles. The second-order valence-electron chi connectivity index (χ2n) is 5.03. The van der Waals surface area contributed by atoms with E-state index in [1.165, 1.54) is 0 Å². The van der Waals surface area contributed by atoms with E-state index >= 15 is 0 Å². The summed E-state index contributed by atoms with van der Waals surface area (Å²) in [6.07, 6.45) is 4.04. The molecular formula is C16H21BF4N2O3S. The number of hydrogen-bond donors (Lipinski definition) is 0. The van der Waals surface area contributed by atoms with Gasteiger partial charge in [-0.3, -0.25) is 0 Å². The van der Waals surface area contributed by atoms with Crippen LogP contribution in [0, 0.1) is 6.92 Å². The first-order valence-electron chi connectivity index (χ1n) is 7.86. The molecule has 0 saturated carbocycles. The van der Waals surface area contributed by atoms with Gasteiger partial charge in [0.05, 0.1) is 21.3 Å². The van der Waals surface area contributed by atoms with E-state index in [-0.39, 0.29) is 0 Å². The Kier molecular flexibility index (Phi) is 8.55. The number of nitrogens with zero attached hydrogens (tertiary/aromatic N) is 2. The van der Waals surface area contributed by atoms with Crippen molar-refractivity contribution in [3.05, 3.63) is 27.7 Å². The van der Waals surface area contributed by atoms with Crippen LogP contribution in [0.4, 0.5) is 17.3 Å². The van der Waals surface area contributed by atoms with Gasteiger partial charge in [0.2, 0.25) is 5.75 Å². The molecule has 0 saturated heterocycles. The Bertz CT molecular complexity index is 776. The zero-order valence-electron chi connectivity index (χ0n) is 15.6. The summed E-state index contributed by atoms with van der Waals surface area (Å²) in [7, 11) is -1.17. The fourth-order valence-corrected chi connectivity index (χ4v) is 3.06. The van der Waals surface area contributed by atoms with Crippen LogP contribution in [0.1, 0.15) is 22.5 Å². The van der Waals surface area contributed by atoms with E-state index in [1.807, 2.05) is 35.9 Å². The van der Waals surface area contributed by atoms with Crippen molar-refractivity contribution in [1.29, 1.82) is 0 Å². The Morgan fingerprint density at radius 2 is 1.63 bits per heavy atom. The van der Waals surface area contributed by atoms with Crippen LogP contribution < -0.4 is 18.9 Å². The molecule has 1 aromatic carbocycles. The third-order valence-electron chi connectivity index (χ3n) is 3.21. The molecule has 0 unspecified atom stereocenters. The standard InChI is InChI=1S/C16H21N2O3S.BF4/c1-6-18-14(22-11(2)17-18)10-8-12-7-9-13(19-3)16(21-5)15(12)20-4;2-1(3,4)5/h7-10H,6H2,1-5H3;/q+1;-1. The average molecular weight is 408 g/mol. The third kappa shape index (κ3) is 7.08. The van der Waals surface area contributed by atoms with Crippen LogP contribution in [-0.4, -0.2) is 33.7 Å². The molecule has 27 heavy (non-hydrogen) atoms. The van der Waals surface area contributed by atoms with E-state index in [4.69, 9.17) is 14.2 Å². The Hall–Kier alpha value is -2.30. The first-order chi connectivity index (χ1) is 12.6. The lowest BCUT2D eigenvalue weighted by Gasteiger charge is -2.13. The lowest BCUT2D eigenvalue weighted by Crippen LogP contribution is -2.36. The molecule has 0 atom stereocenters. The molecule has 11 heteroatoms. The lowest BCUT2D eigenvalue weighted by atomic mass is 10.1. The highest BCUT2D eigenvalue weighted by molar-refractivity contribution is 7.11. The summed E-state index contributed by atoms with van der Waals surface area (Å²) >= 11 is 1.66. The maximum Gasteiger partial charge on any atom is 0.673 e. The predicted molar refractivity (Wildman–Crippen MR) is 97.9 cm³/mol. The van der Waals surface area contributed by atoms with Gasteiger partial charge in [0.15, 0.2) is 23.1 Å². The van der Waals surface area contributed by atoms with Crippen molar-refractivity contribution in [3.63, 3.8) is 0 Å². The van der Waals surface area contributed by atoms with Gasteiger partial charge in [-0.1, -0.05) is 4.68 Å². The number of methoxy groups -OCH3 is 3. The lowest BCUT2D eigenvalue weighted by molar-refractivity contribution is -0.747. The van der Waals surface area contributed by atoms with Crippen molar-refractivity contribution in [3.8, 4) is 17.2 Å². The maximum absolute atomic E-state index is 9.75. The van der Waals surface area contributed by atoms with Crippen LogP contribution in [-0.2, 0) is 6.54 Å². The first kappa shape index (κ1) is 22.7. The maximum atomic E-state index is 9.75. The van der Waals surface area contributed by atoms with Gasteiger partial charge >= 0.3 is 7.25 Å². The fraction of sp³-hybridized carbons (Fsp3) is 0.375. The highest BCUT2D eigenvalue weighted by Gasteiger charge is 2.20. The second kappa shape index (κ2) is 10.1. The Labute approximate surface area is 159 Å². The zero-order chi connectivity index (χ0) is 20.6. The van der Waals surface area contributed by atoms with Gasteiger partial charge in [0.25, 0.3) is 5.01 Å². The molecule has 5 nitrogen and oxygen atoms in total. The summed E-state index contributed by atoms with van der Waals surface area (Å²) in [5.41, 5.74) is 0.925. The van der Waals surface area contributed by atoms with Gasteiger partial charge in [-0.05, 0) is 43.4 Å². The predicted octanol–water partition coefficient (Wildman–Crippen LogP) is 4.26. The van der Waals surface area contributed by atoms with Gasteiger partial charge in [-0.25, -0.2) is 0 Å². The van der Waals surface area contributed by atoms with Crippen molar-refractivity contribution < 1.29 is 36.2 Å². The van der Waals surface area contributed by atoms with Crippen LogP contribution >= 0.6 is 11.3 Å². The van der Waals surface area contributed by atoms with Crippen molar-refractivity contribution in [1.82, 2.24) is 5.10 Å². The van der Waals surface area contributed by atoms with Crippen LogP contribution in [0.2, 0.25) is 0 Å². The number of rotatable bonds is 6. The number of aromatic nitrogens is 2. The molecule has 0 fully saturated rings. The second-order valence-corrected chi connectivity index (χ2v) is 6.24. The third-order valence-corrected chi connectivity index (χ3v) is 4.14. The molecule has 0 amide bonds. The molecular weight excluding hydrogens is 387 g/mol. The van der Waals surface area contributed by atoms with Gasteiger partial charge in [-0.2, -0.15) is 0 Å². The molecule has 1 heterocycles. The van der Waals surface area contributed by atoms with E-state index < -0.39 is 7.25 Å². The number of ether oxygens (including phenoxy) is 3. The van der Waals surface area contributed by atoms with Crippen molar-refractivity contribution in [2.24, 2.45) is 0 Å². The molecule has 150 valence electrons. The zero-order valence-corrected chi connectivity index (χ0v) is 16.4. The Morgan fingerprint density at radius 1 is 1.04 bits per heavy atom. The molecule has 2 rings (SSSR count). The molecule has 2 aromatic rings. The first-order valence-corrected chi connectivity index (χ1v) is 8.68. The fourth-order valence-electron chi connectivity index (χ4n) is 2.21. The minimum atomic E-state index is -6.00. The summed E-state index contributed by atoms with van der Waals surface area (Å²) in [5, 5.41) is 6.59. The topological polar surface area (TPSA) is 44.5 Å². The molecule has 0 aliphatic carbocycles. The minimum absolute atomic E-state index is 0.594. The summed E-state index contributed by atoms with van der Waals surface area (Å²) in [5.74, 6) is 1.90. The van der Waals surface area contributed by atoms with Crippen LogP contribution in [0.25, 0.3) is 12.2 Å².